The molecule has 0 amide bonds. The molecule has 1 heterocycles. The molecule has 19 heavy (non-hydrogen) atoms. The molecule has 1 saturated heterocycles. The maximum Gasteiger partial charge on any atom is 0.299 e. The Morgan fingerprint density at radius 3 is 2.32 bits per heavy atom. The third kappa shape index (κ3) is 2.81. The highest BCUT2D eigenvalue weighted by Crippen LogP contribution is 2.34. The first-order valence-corrected chi connectivity index (χ1v) is 6.17. The average molecular weight is 265 g/mol. The Morgan fingerprint density at radius 2 is 1.79 bits per heavy atom. The SMILES string of the molecule is CC1CCN(c2ccc([N+](=O)[O-])cc2[N+](=O)[O-])CC1. The van der Waals surface area contributed by atoms with E-state index in [0.717, 1.165) is 32.0 Å². The third-order valence-corrected chi connectivity index (χ3v) is 3.49. The molecule has 0 aromatic heterocycles. The van der Waals surface area contributed by atoms with Crippen molar-refractivity contribution in [2.75, 3.05) is 18.0 Å². The van der Waals surface area contributed by atoms with E-state index in [9.17, 15) is 20.2 Å². The highest BCUT2D eigenvalue weighted by atomic mass is 16.6. The van der Waals surface area contributed by atoms with E-state index in [1.807, 2.05) is 4.90 Å². The molecule has 1 aliphatic heterocycles. The van der Waals surface area contributed by atoms with Crippen LogP contribution in [-0.2, 0) is 0 Å². The van der Waals surface area contributed by atoms with Crippen molar-refractivity contribution in [2.45, 2.75) is 19.8 Å². The first kappa shape index (κ1) is 13.3. The molecule has 7 heteroatoms. The summed E-state index contributed by atoms with van der Waals surface area (Å²) < 4.78 is 0. The summed E-state index contributed by atoms with van der Waals surface area (Å²) in [6, 6.07) is 3.83. The molecule has 0 radical (unpaired) electrons. The Balaban J connectivity index is 2.34. The van der Waals surface area contributed by atoms with Crippen LogP contribution in [0.1, 0.15) is 19.8 Å². The smallest absolute Gasteiger partial charge is 0.299 e. The quantitative estimate of drug-likeness (QED) is 0.619. The zero-order valence-corrected chi connectivity index (χ0v) is 10.6. The second-order valence-corrected chi connectivity index (χ2v) is 4.86. The number of non-ortho nitro benzene ring substituents is 1. The topological polar surface area (TPSA) is 89.5 Å². The Hall–Kier alpha value is -2.18. The molecule has 2 rings (SSSR count). The highest BCUT2D eigenvalue weighted by molar-refractivity contribution is 5.67. The van der Waals surface area contributed by atoms with Crippen molar-refractivity contribution in [1.82, 2.24) is 0 Å². The number of nitro groups is 2. The molecule has 0 saturated carbocycles. The lowest BCUT2D eigenvalue weighted by molar-refractivity contribution is -0.393. The standard InChI is InChI=1S/C12H15N3O4/c1-9-4-6-13(7-5-9)11-3-2-10(14(16)17)8-12(11)15(18)19/h2-3,8-9H,4-7H2,1H3. The maximum absolute atomic E-state index is 11.1. The van der Waals surface area contributed by atoms with Crippen molar-refractivity contribution in [3.05, 3.63) is 38.4 Å². The Morgan fingerprint density at radius 1 is 1.16 bits per heavy atom. The van der Waals surface area contributed by atoms with Gasteiger partial charge in [0.05, 0.1) is 15.9 Å². The molecular formula is C12H15N3O4. The number of hydrogen-bond acceptors (Lipinski definition) is 5. The zero-order valence-electron chi connectivity index (χ0n) is 10.6. The van der Waals surface area contributed by atoms with Crippen molar-refractivity contribution in [3.8, 4) is 0 Å². The molecule has 7 nitrogen and oxygen atoms in total. The molecule has 0 bridgehead atoms. The van der Waals surface area contributed by atoms with Crippen LogP contribution in [0, 0.1) is 26.1 Å². The normalized spacial score (nSPS) is 16.4. The van der Waals surface area contributed by atoms with E-state index < -0.39 is 9.85 Å². The summed E-state index contributed by atoms with van der Waals surface area (Å²) in [6.07, 6.45) is 1.96. The van der Waals surface area contributed by atoms with E-state index in [-0.39, 0.29) is 11.4 Å². The summed E-state index contributed by atoms with van der Waals surface area (Å²) in [5.41, 5.74) is 0.0343. The lowest BCUT2D eigenvalue weighted by atomic mass is 9.98. The van der Waals surface area contributed by atoms with Crippen LogP contribution in [-0.4, -0.2) is 22.9 Å². The minimum absolute atomic E-state index is 0.191. The van der Waals surface area contributed by atoms with E-state index >= 15 is 0 Å². The summed E-state index contributed by atoms with van der Waals surface area (Å²) in [5, 5.41) is 21.7. The molecule has 0 spiro atoms. The Bertz CT molecular complexity index is 510. The molecular weight excluding hydrogens is 250 g/mol. The third-order valence-electron chi connectivity index (χ3n) is 3.49. The molecule has 1 aromatic carbocycles. The lowest BCUT2D eigenvalue weighted by Gasteiger charge is -2.31. The van der Waals surface area contributed by atoms with Crippen molar-refractivity contribution in [3.63, 3.8) is 0 Å². The van der Waals surface area contributed by atoms with Crippen molar-refractivity contribution in [2.24, 2.45) is 5.92 Å². The Labute approximate surface area is 110 Å². The van der Waals surface area contributed by atoms with Crippen LogP contribution < -0.4 is 4.90 Å². The van der Waals surface area contributed by atoms with Gasteiger partial charge < -0.3 is 4.90 Å². The number of nitrogens with zero attached hydrogens (tertiary/aromatic N) is 3. The van der Waals surface area contributed by atoms with E-state index in [4.69, 9.17) is 0 Å². The summed E-state index contributed by atoms with van der Waals surface area (Å²) in [6.45, 7) is 3.65. The van der Waals surface area contributed by atoms with E-state index in [0.29, 0.717) is 11.6 Å². The number of piperidine rings is 1. The van der Waals surface area contributed by atoms with Crippen LogP contribution in [0.3, 0.4) is 0 Å². The van der Waals surface area contributed by atoms with Crippen molar-refractivity contribution >= 4 is 17.1 Å². The second-order valence-electron chi connectivity index (χ2n) is 4.86. The van der Waals surface area contributed by atoms with Crippen LogP contribution in [0.2, 0.25) is 0 Å². The fraction of sp³-hybridized carbons (Fsp3) is 0.500. The van der Waals surface area contributed by atoms with Crippen molar-refractivity contribution < 1.29 is 9.85 Å². The van der Waals surface area contributed by atoms with Gasteiger partial charge in [-0.1, -0.05) is 6.92 Å². The van der Waals surface area contributed by atoms with E-state index in [1.54, 1.807) is 0 Å². The molecule has 0 atom stereocenters. The number of hydrogen-bond donors (Lipinski definition) is 0. The molecule has 1 aromatic rings. The lowest BCUT2D eigenvalue weighted by Crippen LogP contribution is -2.33. The molecule has 102 valence electrons. The van der Waals surface area contributed by atoms with Gasteiger partial charge in [0.2, 0.25) is 0 Å². The Kier molecular flexibility index (Phi) is 3.64. The van der Waals surface area contributed by atoms with Gasteiger partial charge >= 0.3 is 0 Å². The molecule has 0 N–H and O–H groups in total. The molecule has 0 aliphatic carbocycles. The number of nitro benzene ring substituents is 2. The second kappa shape index (κ2) is 5.21. The van der Waals surface area contributed by atoms with Gasteiger partial charge in [-0.25, -0.2) is 0 Å². The van der Waals surface area contributed by atoms with E-state index in [1.165, 1.54) is 12.1 Å². The summed E-state index contributed by atoms with van der Waals surface area (Å²) in [4.78, 5) is 22.5. The van der Waals surface area contributed by atoms with Gasteiger partial charge in [-0.05, 0) is 24.8 Å². The van der Waals surface area contributed by atoms with Crippen molar-refractivity contribution in [1.29, 1.82) is 0 Å². The molecule has 1 aliphatic rings. The van der Waals surface area contributed by atoms with Gasteiger partial charge in [-0.3, -0.25) is 20.2 Å². The summed E-state index contributed by atoms with van der Waals surface area (Å²) in [5.74, 6) is 0.619. The first-order valence-electron chi connectivity index (χ1n) is 6.17. The van der Waals surface area contributed by atoms with Gasteiger partial charge in [0.1, 0.15) is 5.69 Å². The fourth-order valence-corrected chi connectivity index (χ4v) is 2.29. The zero-order chi connectivity index (χ0) is 14.0. The van der Waals surface area contributed by atoms with Gasteiger partial charge in [-0.15, -0.1) is 0 Å². The minimum Gasteiger partial charge on any atom is -0.366 e. The monoisotopic (exact) mass is 265 g/mol. The number of anilines is 1. The molecule has 0 unspecified atom stereocenters. The first-order chi connectivity index (χ1) is 8.99. The number of benzene rings is 1. The van der Waals surface area contributed by atoms with Crippen LogP contribution in [0.4, 0.5) is 17.1 Å². The fourth-order valence-electron chi connectivity index (χ4n) is 2.29. The largest absolute Gasteiger partial charge is 0.366 e. The average Bonchev–Trinajstić information content (AvgIpc) is 2.38. The highest BCUT2D eigenvalue weighted by Gasteiger charge is 2.25. The maximum atomic E-state index is 11.1. The van der Waals surface area contributed by atoms with Gasteiger partial charge in [0, 0.05) is 19.2 Å². The summed E-state index contributed by atoms with van der Waals surface area (Å²) in [7, 11) is 0. The van der Waals surface area contributed by atoms with Gasteiger partial charge in [0.25, 0.3) is 11.4 Å². The van der Waals surface area contributed by atoms with Crippen LogP contribution in [0.15, 0.2) is 18.2 Å². The van der Waals surface area contributed by atoms with Crippen LogP contribution >= 0.6 is 0 Å². The molecule has 1 fully saturated rings. The predicted octanol–water partition coefficient (Wildman–Crippen LogP) is 2.74. The van der Waals surface area contributed by atoms with Crippen LogP contribution in [0.25, 0.3) is 0 Å². The predicted molar refractivity (Wildman–Crippen MR) is 70.4 cm³/mol. The minimum atomic E-state index is -0.616. The van der Waals surface area contributed by atoms with Gasteiger partial charge in [0.15, 0.2) is 0 Å². The van der Waals surface area contributed by atoms with Crippen LogP contribution in [0.5, 0.6) is 0 Å². The number of rotatable bonds is 3. The summed E-state index contributed by atoms with van der Waals surface area (Å²) >= 11 is 0. The van der Waals surface area contributed by atoms with E-state index in [2.05, 4.69) is 6.92 Å². The van der Waals surface area contributed by atoms with Gasteiger partial charge in [-0.2, -0.15) is 0 Å².